The molecule has 0 aliphatic carbocycles. The van der Waals surface area contributed by atoms with Crippen molar-refractivity contribution in [1.29, 1.82) is 0 Å². The largest absolute Gasteiger partial charge is 0.365 e. The first-order valence-electron chi connectivity index (χ1n) is 5.93. The molecule has 0 saturated heterocycles. The first-order chi connectivity index (χ1) is 8.22. The van der Waals surface area contributed by atoms with Crippen LogP contribution in [0.25, 0.3) is 11.5 Å². The van der Waals surface area contributed by atoms with Crippen molar-refractivity contribution < 1.29 is 0 Å². The molecular formula is C11H15N5O. The molecule has 90 valence electrons. The quantitative estimate of drug-likeness (QED) is 0.832. The number of nitrogens with zero attached hydrogens (tertiary/aromatic N) is 4. The van der Waals surface area contributed by atoms with Crippen LogP contribution in [0.3, 0.4) is 0 Å². The summed E-state index contributed by atoms with van der Waals surface area (Å²) in [5.41, 5.74) is 0.800. The Kier molecular flexibility index (Phi) is 2.17. The molecule has 0 amide bonds. The van der Waals surface area contributed by atoms with E-state index in [2.05, 4.69) is 22.2 Å². The van der Waals surface area contributed by atoms with Crippen molar-refractivity contribution in [1.82, 2.24) is 19.1 Å². The minimum atomic E-state index is 0.00620. The zero-order valence-corrected chi connectivity index (χ0v) is 9.97. The highest BCUT2D eigenvalue weighted by Crippen LogP contribution is 2.28. The van der Waals surface area contributed by atoms with Crippen LogP contribution < -0.4 is 11.0 Å². The zero-order valence-electron chi connectivity index (χ0n) is 9.97. The van der Waals surface area contributed by atoms with Gasteiger partial charge in [-0.1, -0.05) is 6.92 Å². The minimum Gasteiger partial charge on any atom is -0.365 e. The van der Waals surface area contributed by atoms with Gasteiger partial charge in [0.15, 0.2) is 5.82 Å². The SMILES string of the molecule is CCCn1c2ncnc-2c2n(c1=O)C[C@H](C)N2. The third-order valence-corrected chi connectivity index (χ3v) is 3.08. The molecule has 0 unspecified atom stereocenters. The normalized spacial score (nSPS) is 18.4. The summed E-state index contributed by atoms with van der Waals surface area (Å²) in [7, 11) is 0. The fourth-order valence-electron chi connectivity index (χ4n) is 2.38. The molecule has 3 aliphatic heterocycles. The summed E-state index contributed by atoms with van der Waals surface area (Å²) in [6.07, 6.45) is 2.42. The molecule has 1 N–H and O–H groups in total. The Morgan fingerprint density at radius 1 is 1.53 bits per heavy atom. The first kappa shape index (κ1) is 10.3. The summed E-state index contributed by atoms with van der Waals surface area (Å²) in [6, 6.07) is 0.264. The summed E-state index contributed by atoms with van der Waals surface area (Å²) < 4.78 is 3.48. The highest BCUT2D eigenvalue weighted by atomic mass is 16.1. The molecule has 3 aliphatic rings. The lowest BCUT2D eigenvalue weighted by Crippen LogP contribution is -2.32. The second-order valence-electron chi connectivity index (χ2n) is 4.48. The highest BCUT2D eigenvalue weighted by molar-refractivity contribution is 5.69. The van der Waals surface area contributed by atoms with Gasteiger partial charge in [0.05, 0.1) is 0 Å². The molecule has 6 nitrogen and oxygen atoms in total. The zero-order chi connectivity index (χ0) is 12.0. The molecule has 3 rings (SSSR count). The smallest absolute Gasteiger partial charge is 0.331 e. The number of rotatable bonds is 2. The number of anilines is 1. The number of hydrogen-bond donors (Lipinski definition) is 1. The average Bonchev–Trinajstić information content (AvgIpc) is 2.89. The molecule has 17 heavy (non-hydrogen) atoms. The Bertz CT molecular complexity index is 584. The fourth-order valence-corrected chi connectivity index (χ4v) is 2.38. The van der Waals surface area contributed by atoms with Gasteiger partial charge in [-0.2, -0.15) is 0 Å². The highest BCUT2D eigenvalue weighted by Gasteiger charge is 2.28. The third-order valence-electron chi connectivity index (χ3n) is 3.08. The molecule has 0 bridgehead atoms. The minimum absolute atomic E-state index is 0.00620. The lowest BCUT2D eigenvalue weighted by Gasteiger charge is -2.13. The summed E-state index contributed by atoms with van der Waals surface area (Å²) in [4.78, 5) is 20.8. The van der Waals surface area contributed by atoms with Gasteiger partial charge in [0.2, 0.25) is 0 Å². The van der Waals surface area contributed by atoms with Gasteiger partial charge in [-0.05, 0) is 13.3 Å². The number of hydrogen-bond acceptors (Lipinski definition) is 4. The van der Waals surface area contributed by atoms with Crippen molar-refractivity contribution in [2.75, 3.05) is 5.32 Å². The van der Waals surface area contributed by atoms with Gasteiger partial charge in [-0.25, -0.2) is 14.8 Å². The van der Waals surface area contributed by atoms with Crippen molar-refractivity contribution >= 4 is 5.82 Å². The van der Waals surface area contributed by atoms with Gasteiger partial charge in [-0.3, -0.25) is 9.13 Å². The van der Waals surface area contributed by atoms with E-state index in [1.807, 2.05) is 6.92 Å². The molecule has 3 heterocycles. The van der Waals surface area contributed by atoms with E-state index in [1.165, 1.54) is 6.33 Å². The average molecular weight is 233 g/mol. The predicted molar refractivity (Wildman–Crippen MR) is 64.3 cm³/mol. The van der Waals surface area contributed by atoms with Crippen LogP contribution in [0.15, 0.2) is 11.1 Å². The molecule has 1 atom stereocenters. The predicted octanol–water partition coefficient (Wildman–Crippen LogP) is 0.769. The molecule has 0 spiro atoms. The van der Waals surface area contributed by atoms with Crippen LogP contribution in [0, 0.1) is 0 Å². The Balaban J connectivity index is 2.31. The maximum atomic E-state index is 12.3. The van der Waals surface area contributed by atoms with Gasteiger partial charge < -0.3 is 5.32 Å². The van der Waals surface area contributed by atoms with Gasteiger partial charge in [0.1, 0.15) is 17.8 Å². The lowest BCUT2D eigenvalue weighted by molar-refractivity contribution is 0.572. The summed E-state index contributed by atoms with van der Waals surface area (Å²) in [6.45, 7) is 5.48. The molecule has 0 fully saturated rings. The van der Waals surface area contributed by atoms with E-state index in [4.69, 9.17) is 0 Å². The maximum Gasteiger partial charge on any atom is 0.331 e. The number of aromatic nitrogens is 4. The van der Waals surface area contributed by atoms with Crippen LogP contribution in [0.1, 0.15) is 20.3 Å². The molecular weight excluding hydrogens is 218 g/mol. The molecule has 0 radical (unpaired) electrons. The van der Waals surface area contributed by atoms with E-state index in [1.54, 1.807) is 9.13 Å². The molecule has 6 heteroatoms. The van der Waals surface area contributed by atoms with E-state index >= 15 is 0 Å². The van der Waals surface area contributed by atoms with E-state index in [-0.39, 0.29) is 11.7 Å². The summed E-state index contributed by atoms with van der Waals surface area (Å²) in [5, 5.41) is 3.28. The number of imidazole rings is 1. The second kappa shape index (κ2) is 3.58. The Morgan fingerprint density at radius 3 is 3.12 bits per heavy atom. The van der Waals surface area contributed by atoms with E-state index in [0.717, 1.165) is 17.9 Å². The van der Waals surface area contributed by atoms with Crippen LogP contribution in [0.2, 0.25) is 0 Å². The van der Waals surface area contributed by atoms with Gasteiger partial charge in [0, 0.05) is 19.1 Å². The first-order valence-corrected chi connectivity index (χ1v) is 5.93. The van der Waals surface area contributed by atoms with Gasteiger partial charge in [-0.15, -0.1) is 0 Å². The van der Waals surface area contributed by atoms with Crippen molar-refractivity contribution in [3.8, 4) is 11.5 Å². The molecule has 0 aromatic heterocycles. The van der Waals surface area contributed by atoms with Crippen LogP contribution >= 0.6 is 0 Å². The van der Waals surface area contributed by atoms with Gasteiger partial charge in [0.25, 0.3) is 0 Å². The summed E-state index contributed by atoms with van der Waals surface area (Å²) in [5.74, 6) is 1.49. The van der Waals surface area contributed by atoms with Crippen molar-refractivity contribution in [3.05, 3.63) is 16.8 Å². The van der Waals surface area contributed by atoms with Crippen LogP contribution in [-0.4, -0.2) is 25.1 Å². The second-order valence-corrected chi connectivity index (χ2v) is 4.48. The Hall–Kier alpha value is -1.85. The molecule has 0 aromatic carbocycles. The fraction of sp³-hybridized carbons (Fsp3) is 0.545. The number of fused-ring (bicyclic) bond motifs is 3. The number of nitrogens with one attached hydrogen (secondary N) is 1. The lowest BCUT2D eigenvalue weighted by atomic mass is 10.3. The summed E-state index contributed by atoms with van der Waals surface area (Å²) >= 11 is 0. The van der Waals surface area contributed by atoms with Crippen molar-refractivity contribution in [2.45, 2.75) is 39.4 Å². The van der Waals surface area contributed by atoms with Crippen molar-refractivity contribution in [2.24, 2.45) is 0 Å². The molecule has 0 saturated carbocycles. The Labute approximate surface area is 98.7 Å². The van der Waals surface area contributed by atoms with Crippen LogP contribution in [-0.2, 0) is 13.1 Å². The molecule has 0 aromatic rings. The van der Waals surface area contributed by atoms with Gasteiger partial charge >= 0.3 is 5.69 Å². The monoisotopic (exact) mass is 233 g/mol. The van der Waals surface area contributed by atoms with Crippen LogP contribution in [0.5, 0.6) is 0 Å². The van der Waals surface area contributed by atoms with E-state index in [0.29, 0.717) is 18.9 Å². The van der Waals surface area contributed by atoms with Crippen molar-refractivity contribution in [3.63, 3.8) is 0 Å². The van der Waals surface area contributed by atoms with Crippen LogP contribution in [0.4, 0.5) is 5.82 Å². The third kappa shape index (κ3) is 1.36. The maximum absolute atomic E-state index is 12.3. The van der Waals surface area contributed by atoms with E-state index in [9.17, 15) is 4.79 Å². The standard InChI is InChI=1S/C11H15N5O/c1-3-4-15-9-8(12-6-13-9)10-14-7(2)5-16(10)11(15)17/h6-7,14H,3-5H2,1-2H3/t7-/m0/s1. The Morgan fingerprint density at radius 2 is 2.35 bits per heavy atom. The van der Waals surface area contributed by atoms with E-state index < -0.39 is 0 Å². The topological polar surface area (TPSA) is 64.7 Å².